The zero-order chi connectivity index (χ0) is 25.0. The van der Waals surface area contributed by atoms with Crippen LogP contribution in [0.1, 0.15) is 38.3 Å². The minimum atomic E-state index is -4.90. The number of alkyl halides is 3. The molecule has 0 bridgehead atoms. The maximum atomic E-state index is 14.6. The number of carboxylic acids is 1. The Hall–Kier alpha value is -0.580. The zero-order valence-corrected chi connectivity index (χ0v) is 22.4. The van der Waals surface area contributed by atoms with Gasteiger partial charge in [0.25, 0.3) is 0 Å². The summed E-state index contributed by atoms with van der Waals surface area (Å²) in [4.78, 5) is 12.9. The minimum Gasteiger partial charge on any atom is -0.480 e. The summed E-state index contributed by atoms with van der Waals surface area (Å²) in [5.41, 5.74) is -2.54. The summed E-state index contributed by atoms with van der Waals surface area (Å²) < 4.78 is 41.4. The van der Waals surface area contributed by atoms with Gasteiger partial charge in [0.05, 0.1) is 0 Å². The Labute approximate surface area is 216 Å². The Morgan fingerprint density at radius 3 is 2.15 bits per heavy atom. The lowest BCUT2D eigenvalue weighted by Crippen LogP contribution is -2.41. The van der Waals surface area contributed by atoms with Gasteiger partial charge in [-0.1, -0.05) is 50.0 Å². The molecule has 1 saturated heterocycles. The van der Waals surface area contributed by atoms with Crippen molar-refractivity contribution in [3.8, 4) is 0 Å². The Balaban J connectivity index is 2.17. The molecule has 1 aliphatic rings. The van der Waals surface area contributed by atoms with Crippen molar-refractivity contribution in [2.24, 2.45) is 0 Å². The van der Waals surface area contributed by atoms with Crippen LogP contribution in [0.5, 0.6) is 0 Å². The largest absolute Gasteiger partial charge is 0.480 e. The van der Waals surface area contributed by atoms with Gasteiger partial charge in [-0.25, -0.2) is 0 Å². The highest BCUT2D eigenvalue weighted by molar-refractivity contribution is 9.10. The van der Waals surface area contributed by atoms with Crippen LogP contribution >= 0.6 is 62.7 Å². The highest BCUT2D eigenvalue weighted by atomic mass is 79.9. The quantitative estimate of drug-likeness (QED) is 0.348. The molecule has 3 atom stereocenters. The first-order valence-corrected chi connectivity index (χ1v) is 12.9. The van der Waals surface area contributed by atoms with E-state index in [1.807, 2.05) is 20.8 Å². The average molecular weight is 604 g/mol. The molecule has 0 radical (unpaired) electrons. The third-order valence-corrected chi connectivity index (χ3v) is 9.51. The molecule has 0 amide bonds. The number of benzene rings is 2. The fourth-order valence-electron chi connectivity index (χ4n) is 3.79. The van der Waals surface area contributed by atoms with Gasteiger partial charge in [-0.05, 0) is 57.4 Å². The molecule has 3 nitrogen and oxygen atoms in total. The molecule has 3 rings (SSSR count). The van der Waals surface area contributed by atoms with E-state index in [0.29, 0.717) is 4.47 Å². The van der Waals surface area contributed by atoms with Crippen molar-refractivity contribution in [2.45, 2.75) is 58.6 Å². The first kappa shape index (κ1) is 27.0. The van der Waals surface area contributed by atoms with Crippen LogP contribution in [0, 0.1) is 0 Å². The Morgan fingerprint density at radius 2 is 1.70 bits per heavy atom. The molecule has 0 aliphatic carbocycles. The van der Waals surface area contributed by atoms with Crippen molar-refractivity contribution in [1.82, 2.24) is 0 Å². The molecular formula is C22H20BrCl2F3O3S2. The molecule has 3 unspecified atom stereocenters. The second-order valence-corrected chi connectivity index (χ2v) is 13.8. The average Bonchev–Trinajstić information content (AvgIpc) is 2.98. The van der Waals surface area contributed by atoms with E-state index in [9.17, 15) is 28.2 Å². The molecule has 33 heavy (non-hydrogen) atoms. The van der Waals surface area contributed by atoms with E-state index in [2.05, 4.69) is 15.9 Å². The topological polar surface area (TPSA) is 57.5 Å². The van der Waals surface area contributed by atoms with E-state index >= 15 is 0 Å². The highest BCUT2D eigenvalue weighted by Gasteiger charge is 2.69. The van der Waals surface area contributed by atoms with Crippen LogP contribution in [-0.2, 0) is 15.1 Å². The van der Waals surface area contributed by atoms with Crippen molar-refractivity contribution in [2.75, 3.05) is 0 Å². The number of thioether (sulfide) groups is 2. The molecule has 1 fully saturated rings. The van der Waals surface area contributed by atoms with Gasteiger partial charge in [0, 0.05) is 30.6 Å². The summed E-state index contributed by atoms with van der Waals surface area (Å²) >= 11 is 17.0. The van der Waals surface area contributed by atoms with Crippen molar-refractivity contribution in [3.05, 3.63) is 62.0 Å². The van der Waals surface area contributed by atoms with Crippen LogP contribution in [0.2, 0.25) is 10.0 Å². The lowest BCUT2D eigenvalue weighted by atomic mass is 9.79. The third-order valence-electron chi connectivity index (χ3n) is 5.13. The first-order chi connectivity index (χ1) is 15.0. The molecule has 2 aromatic rings. The van der Waals surface area contributed by atoms with Gasteiger partial charge in [0.1, 0.15) is 15.6 Å². The SMILES string of the molecule is CC(C)(C)Sc1ccc(C2(O)CC(c3cc(Cl)cc(Cl)c3)(C(F)(F)F)SC2C(=O)O)cc1Br. The van der Waals surface area contributed by atoms with Crippen molar-refractivity contribution in [3.63, 3.8) is 0 Å². The first-order valence-electron chi connectivity index (χ1n) is 9.64. The molecule has 1 aliphatic heterocycles. The van der Waals surface area contributed by atoms with Crippen LogP contribution in [0.25, 0.3) is 0 Å². The number of halogens is 6. The van der Waals surface area contributed by atoms with Crippen molar-refractivity contribution in [1.29, 1.82) is 0 Å². The number of aliphatic carboxylic acids is 1. The van der Waals surface area contributed by atoms with Crippen LogP contribution in [-0.4, -0.2) is 32.4 Å². The summed E-state index contributed by atoms with van der Waals surface area (Å²) in [5.74, 6) is -1.55. The van der Waals surface area contributed by atoms with E-state index in [1.165, 1.54) is 30.0 Å². The van der Waals surface area contributed by atoms with Crippen LogP contribution in [0.15, 0.2) is 45.8 Å². The number of hydrogen-bond donors (Lipinski definition) is 2. The van der Waals surface area contributed by atoms with Gasteiger partial charge < -0.3 is 10.2 Å². The van der Waals surface area contributed by atoms with Gasteiger partial charge in [-0.2, -0.15) is 13.2 Å². The molecule has 1 heterocycles. The molecule has 0 spiro atoms. The number of rotatable bonds is 4. The third kappa shape index (κ3) is 5.33. The number of hydrogen-bond acceptors (Lipinski definition) is 4. The monoisotopic (exact) mass is 602 g/mol. The molecule has 0 saturated carbocycles. The minimum absolute atomic E-state index is 0.0182. The van der Waals surface area contributed by atoms with Gasteiger partial charge in [-0.3, -0.25) is 4.79 Å². The molecular weight excluding hydrogens is 584 g/mol. The Morgan fingerprint density at radius 1 is 1.12 bits per heavy atom. The molecule has 2 N–H and O–H groups in total. The maximum Gasteiger partial charge on any atom is 0.407 e. The molecule has 2 aromatic carbocycles. The summed E-state index contributed by atoms with van der Waals surface area (Å²) in [5, 5.41) is 19.5. The summed E-state index contributed by atoms with van der Waals surface area (Å²) in [7, 11) is 0. The molecule has 11 heteroatoms. The fraction of sp³-hybridized carbons (Fsp3) is 0.409. The van der Waals surface area contributed by atoms with E-state index in [4.69, 9.17) is 23.2 Å². The number of aliphatic hydroxyl groups is 1. The van der Waals surface area contributed by atoms with E-state index in [0.717, 1.165) is 17.0 Å². The van der Waals surface area contributed by atoms with E-state index < -0.39 is 34.2 Å². The molecule has 0 aromatic heterocycles. The van der Waals surface area contributed by atoms with Crippen molar-refractivity contribution >= 4 is 68.6 Å². The Bertz CT molecular complexity index is 1070. The maximum absolute atomic E-state index is 14.6. The van der Waals surface area contributed by atoms with E-state index in [1.54, 1.807) is 6.07 Å². The van der Waals surface area contributed by atoms with Gasteiger partial charge in [0.2, 0.25) is 0 Å². The summed E-state index contributed by atoms with van der Waals surface area (Å²) in [6, 6.07) is 8.14. The second-order valence-electron chi connectivity index (χ2n) is 8.78. The summed E-state index contributed by atoms with van der Waals surface area (Å²) in [6.07, 6.45) is -5.82. The lowest BCUT2D eigenvalue weighted by molar-refractivity contribution is -0.173. The normalized spacial score (nSPS) is 25.9. The predicted octanol–water partition coefficient (Wildman–Crippen LogP) is 7.88. The lowest BCUT2D eigenvalue weighted by Gasteiger charge is -2.33. The summed E-state index contributed by atoms with van der Waals surface area (Å²) in [6.45, 7) is 6.02. The van der Waals surface area contributed by atoms with E-state index in [-0.39, 0.29) is 37.7 Å². The van der Waals surface area contributed by atoms with Crippen LogP contribution in [0.3, 0.4) is 0 Å². The van der Waals surface area contributed by atoms with Gasteiger partial charge >= 0.3 is 12.1 Å². The van der Waals surface area contributed by atoms with Gasteiger partial charge in [0.15, 0.2) is 0 Å². The highest BCUT2D eigenvalue weighted by Crippen LogP contribution is 2.65. The zero-order valence-electron chi connectivity index (χ0n) is 17.6. The van der Waals surface area contributed by atoms with Gasteiger partial charge in [-0.15, -0.1) is 23.5 Å². The standard InChI is InChI=1S/C22H20BrCl2F3O3S2/c1-19(2,3)32-16-5-4-11(8-15(16)23)20(31)10-21(22(26,27)28,33-17(20)18(29)30)12-6-13(24)9-14(25)7-12/h4-9,17,31H,10H2,1-3H3,(H,29,30). The van der Waals surface area contributed by atoms with Crippen LogP contribution < -0.4 is 0 Å². The number of carboxylic acid groups (broad SMARTS) is 1. The van der Waals surface area contributed by atoms with Crippen LogP contribution in [0.4, 0.5) is 13.2 Å². The fourth-order valence-corrected chi connectivity index (χ4v) is 7.50. The second kappa shape index (κ2) is 9.13. The van der Waals surface area contributed by atoms with Crippen molar-refractivity contribution < 1.29 is 28.2 Å². The smallest absolute Gasteiger partial charge is 0.407 e. The predicted molar refractivity (Wildman–Crippen MR) is 131 cm³/mol. The number of carbonyl (C=O) groups is 1. The Kier molecular flexibility index (Phi) is 7.48. The molecule has 180 valence electrons.